The summed E-state index contributed by atoms with van der Waals surface area (Å²) < 4.78 is 1.80. The Kier molecular flexibility index (Phi) is 5.62. The maximum absolute atomic E-state index is 13.0. The summed E-state index contributed by atoms with van der Waals surface area (Å²) in [5.74, 6) is -0.469. The molecule has 0 saturated heterocycles. The summed E-state index contributed by atoms with van der Waals surface area (Å²) >= 11 is 0. The van der Waals surface area contributed by atoms with Gasteiger partial charge in [0, 0.05) is 25.2 Å². The third-order valence-electron chi connectivity index (χ3n) is 4.88. The molecule has 0 aliphatic rings. The van der Waals surface area contributed by atoms with E-state index in [4.69, 9.17) is 0 Å². The van der Waals surface area contributed by atoms with E-state index in [0.29, 0.717) is 16.8 Å². The van der Waals surface area contributed by atoms with Crippen LogP contribution >= 0.6 is 0 Å². The highest BCUT2D eigenvalue weighted by atomic mass is 16.2. The van der Waals surface area contributed by atoms with Gasteiger partial charge in [0.15, 0.2) is 0 Å². The monoisotopic (exact) mass is 410 g/mol. The number of anilines is 1. The predicted molar refractivity (Wildman–Crippen MR) is 121 cm³/mol. The minimum Gasteiger partial charge on any atom is -0.345 e. The molecular formula is C25H22N4O2. The molecule has 2 amide bonds. The average molecular weight is 410 g/mol. The van der Waals surface area contributed by atoms with Crippen LogP contribution in [0.3, 0.4) is 0 Å². The van der Waals surface area contributed by atoms with Gasteiger partial charge >= 0.3 is 0 Å². The lowest BCUT2D eigenvalue weighted by Gasteiger charge is -2.15. The van der Waals surface area contributed by atoms with Gasteiger partial charge in [-0.3, -0.25) is 9.59 Å². The second kappa shape index (κ2) is 8.67. The molecule has 4 aromatic rings. The number of amides is 2. The topological polar surface area (TPSA) is 67.2 Å². The largest absolute Gasteiger partial charge is 0.345 e. The number of rotatable bonds is 5. The number of hydrogen-bond donors (Lipinski definition) is 1. The van der Waals surface area contributed by atoms with Crippen LogP contribution in [-0.4, -0.2) is 40.6 Å². The number of carbonyl (C=O) groups is 2. The van der Waals surface area contributed by atoms with Gasteiger partial charge in [-0.1, -0.05) is 48.5 Å². The first-order chi connectivity index (χ1) is 15.0. The highest BCUT2D eigenvalue weighted by Crippen LogP contribution is 2.23. The van der Waals surface area contributed by atoms with Crippen molar-refractivity contribution in [2.24, 2.45) is 0 Å². The van der Waals surface area contributed by atoms with Gasteiger partial charge in [-0.2, -0.15) is 5.10 Å². The van der Waals surface area contributed by atoms with E-state index in [9.17, 15) is 9.59 Å². The van der Waals surface area contributed by atoms with Gasteiger partial charge in [0.05, 0.1) is 28.8 Å². The smallest absolute Gasteiger partial charge is 0.255 e. The Bertz CT molecular complexity index is 1230. The van der Waals surface area contributed by atoms with Crippen LogP contribution in [-0.2, 0) is 0 Å². The number of nitrogens with zero attached hydrogens (tertiary/aromatic N) is 3. The molecule has 1 aromatic heterocycles. The van der Waals surface area contributed by atoms with Crippen molar-refractivity contribution in [2.45, 2.75) is 0 Å². The summed E-state index contributed by atoms with van der Waals surface area (Å²) in [6, 6.07) is 26.1. The fraction of sp³-hybridized carbons (Fsp3) is 0.0800. The molecule has 0 unspecified atom stereocenters. The van der Waals surface area contributed by atoms with Crippen molar-refractivity contribution < 1.29 is 9.59 Å². The van der Waals surface area contributed by atoms with Crippen LogP contribution < -0.4 is 5.32 Å². The molecule has 4 rings (SSSR count). The maximum Gasteiger partial charge on any atom is 0.255 e. The van der Waals surface area contributed by atoms with Gasteiger partial charge in [-0.25, -0.2) is 4.68 Å². The number of aromatic nitrogens is 2. The SMILES string of the molecule is CN(C)C(=O)c1ccccc1NC(=O)c1cccc(-n2nccc2-c2ccccc2)c1. The fourth-order valence-corrected chi connectivity index (χ4v) is 3.33. The minimum absolute atomic E-state index is 0.173. The van der Waals surface area contributed by atoms with Crippen molar-refractivity contribution >= 4 is 17.5 Å². The van der Waals surface area contributed by atoms with E-state index in [0.717, 1.165) is 16.9 Å². The first-order valence-electron chi connectivity index (χ1n) is 9.86. The number of benzene rings is 3. The third-order valence-corrected chi connectivity index (χ3v) is 4.88. The summed E-state index contributed by atoms with van der Waals surface area (Å²) in [7, 11) is 3.36. The number of para-hydroxylation sites is 1. The molecule has 0 aliphatic carbocycles. The second-order valence-corrected chi connectivity index (χ2v) is 7.24. The molecule has 3 aromatic carbocycles. The molecule has 0 aliphatic heterocycles. The average Bonchev–Trinajstić information content (AvgIpc) is 3.29. The number of nitrogens with one attached hydrogen (secondary N) is 1. The summed E-state index contributed by atoms with van der Waals surface area (Å²) in [4.78, 5) is 26.9. The van der Waals surface area contributed by atoms with Crippen molar-refractivity contribution in [3.8, 4) is 16.9 Å². The van der Waals surface area contributed by atoms with Gasteiger partial charge in [0.2, 0.25) is 0 Å². The molecule has 6 heteroatoms. The highest BCUT2D eigenvalue weighted by molar-refractivity contribution is 6.09. The molecule has 31 heavy (non-hydrogen) atoms. The molecule has 0 atom stereocenters. The molecule has 0 bridgehead atoms. The maximum atomic E-state index is 13.0. The molecule has 0 saturated carbocycles. The lowest BCUT2D eigenvalue weighted by Crippen LogP contribution is -2.24. The van der Waals surface area contributed by atoms with Crippen LogP contribution in [0.4, 0.5) is 5.69 Å². The Hall–Kier alpha value is -4.19. The Morgan fingerprint density at radius 3 is 2.39 bits per heavy atom. The Labute approximate surface area is 180 Å². The van der Waals surface area contributed by atoms with Crippen LogP contribution in [0.25, 0.3) is 16.9 Å². The lowest BCUT2D eigenvalue weighted by molar-refractivity contribution is 0.0828. The van der Waals surface area contributed by atoms with Gasteiger partial charge < -0.3 is 10.2 Å². The lowest BCUT2D eigenvalue weighted by atomic mass is 10.1. The van der Waals surface area contributed by atoms with E-state index in [1.165, 1.54) is 4.90 Å². The van der Waals surface area contributed by atoms with Crippen molar-refractivity contribution in [3.63, 3.8) is 0 Å². The second-order valence-electron chi connectivity index (χ2n) is 7.24. The van der Waals surface area contributed by atoms with E-state index in [-0.39, 0.29) is 11.8 Å². The molecule has 154 valence electrons. The van der Waals surface area contributed by atoms with Crippen LogP contribution in [0.5, 0.6) is 0 Å². The molecular weight excluding hydrogens is 388 g/mol. The highest BCUT2D eigenvalue weighted by Gasteiger charge is 2.16. The summed E-state index contributed by atoms with van der Waals surface area (Å²) in [6.45, 7) is 0. The normalized spacial score (nSPS) is 10.5. The van der Waals surface area contributed by atoms with E-state index >= 15 is 0 Å². The Balaban J connectivity index is 1.63. The van der Waals surface area contributed by atoms with Gasteiger partial charge in [0.1, 0.15) is 0 Å². The summed E-state index contributed by atoms with van der Waals surface area (Å²) in [5.41, 5.74) is 4.12. The predicted octanol–water partition coefficient (Wildman–Crippen LogP) is 4.49. The standard InChI is InChI=1S/C25H22N4O2/c1-28(2)25(31)21-13-6-7-14-22(21)27-24(30)19-11-8-12-20(17-19)29-23(15-16-26-29)18-9-4-3-5-10-18/h3-17H,1-2H3,(H,27,30). The molecule has 6 nitrogen and oxygen atoms in total. The quantitative estimate of drug-likeness (QED) is 0.527. The molecule has 0 spiro atoms. The molecule has 0 radical (unpaired) electrons. The van der Waals surface area contributed by atoms with Gasteiger partial charge in [-0.05, 0) is 36.4 Å². The Morgan fingerprint density at radius 2 is 1.61 bits per heavy atom. The van der Waals surface area contributed by atoms with Gasteiger partial charge in [-0.15, -0.1) is 0 Å². The minimum atomic E-state index is -0.297. The third kappa shape index (κ3) is 4.23. The number of carbonyl (C=O) groups excluding carboxylic acids is 2. The van der Waals surface area contributed by atoms with E-state index < -0.39 is 0 Å². The summed E-state index contributed by atoms with van der Waals surface area (Å²) in [5, 5.41) is 7.30. The van der Waals surface area contributed by atoms with E-state index in [1.807, 2.05) is 48.5 Å². The summed E-state index contributed by atoms with van der Waals surface area (Å²) in [6.07, 6.45) is 1.73. The zero-order chi connectivity index (χ0) is 21.8. The van der Waals surface area contributed by atoms with Crippen LogP contribution in [0.1, 0.15) is 20.7 Å². The van der Waals surface area contributed by atoms with Crippen LogP contribution in [0.15, 0.2) is 91.1 Å². The van der Waals surface area contributed by atoms with E-state index in [2.05, 4.69) is 10.4 Å². The molecule has 1 heterocycles. The van der Waals surface area contributed by atoms with E-state index in [1.54, 1.807) is 61.4 Å². The van der Waals surface area contributed by atoms with Crippen LogP contribution in [0, 0.1) is 0 Å². The first kappa shape index (κ1) is 20.1. The number of hydrogen-bond acceptors (Lipinski definition) is 3. The van der Waals surface area contributed by atoms with Crippen molar-refractivity contribution in [2.75, 3.05) is 19.4 Å². The molecule has 0 fully saturated rings. The molecule has 1 N–H and O–H groups in total. The van der Waals surface area contributed by atoms with Gasteiger partial charge in [0.25, 0.3) is 11.8 Å². The zero-order valence-corrected chi connectivity index (χ0v) is 17.3. The zero-order valence-electron chi connectivity index (χ0n) is 17.3. The van der Waals surface area contributed by atoms with Crippen molar-refractivity contribution in [1.82, 2.24) is 14.7 Å². The van der Waals surface area contributed by atoms with Crippen molar-refractivity contribution in [3.05, 3.63) is 102 Å². The Morgan fingerprint density at radius 1 is 0.871 bits per heavy atom. The fourth-order valence-electron chi connectivity index (χ4n) is 3.33. The van der Waals surface area contributed by atoms with Crippen LogP contribution in [0.2, 0.25) is 0 Å². The first-order valence-corrected chi connectivity index (χ1v) is 9.86. The van der Waals surface area contributed by atoms with Crippen molar-refractivity contribution in [1.29, 1.82) is 0 Å².